The highest BCUT2D eigenvalue weighted by molar-refractivity contribution is 6.18. The lowest BCUT2D eigenvalue weighted by Gasteiger charge is -2.22. The molecule has 0 amide bonds. The van der Waals surface area contributed by atoms with E-state index in [2.05, 4.69) is 6.92 Å². The Labute approximate surface area is 101 Å². The quantitative estimate of drug-likeness (QED) is 0.446. The highest BCUT2D eigenvalue weighted by Crippen LogP contribution is 2.17. The van der Waals surface area contributed by atoms with Crippen molar-refractivity contribution in [3.05, 3.63) is 0 Å². The van der Waals surface area contributed by atoms with Gasteiger partial charge in [-0.15, -0.1) is 11.6 Å². The minimum Gasteiger partial charge on any atom is -0.294 e. The van der Waals surface area contributed by atoms with Gasteiger partial charge in [0, 0.05) is 12.4 Å². The van der Waals surface area contributed by atoms with E-state index >= 15 is 0 Å². The maximum atomic E-state index is 12.2. The van der Waals surface area contributed by atoms with Gasteiger partial charge < -0.3 is 0 Å². The van der Waals surface area contributed by atoms with Crippen molar-refractivity contribution in [2.45, 2.75) is 45.2 Å². The number of nitrogens with zero attached hydrogens (tertiary/aromatic N) is 1. The molecular weight excluding hydrogens is 239 g/mol. The molecule has 0 aromatic heterocycles. The van der Waals surface area contributed by atoms with Gasteiger partial charge in [-0.05, 0) is 13.0 Å². The van der Waals surface area contributed by atoms with Crippen molar-refractivity contribution in [2.75, 3.05) is 25.5 Å². The Kier molecular flexibility index (Phi) is 9.13. The van der Waals surface area contributed by atoms with Crippen molar-refractivity contribution >= 4 is 11.6 Å². The Balaban J connectivity index is 3.68. The number of unbranched alkanes of at least 4 members (excludes halogenated alkanes) is 4. The minimum atomic E-state index is -4.12. The number of alkyl halides is 4. The number of halogens is 4. The fourth-order valence-corrected chi connectivity index (χ4v) is 1.82. The van der Waals surface area contributed by atoms with Crippen molar-refractivity contribution in [1.82, 2.24) is 4.90 Å². The summed E-state index contributed by atoms with van der Waals surface area (Å²) in [4.78, 5) is 1.39. The van der Waals surface area contributed by atoms with Crippen LogP contribution in [0.4, 0.5) is 13.2 Å². The van der Waals surface area contributed by atoms with Crippen LogP contribution >= 0.6 is 11.6 Å². The molecule has 98 valence electrons. The zero-order chi connectivity index (χ0) is 12.4. The zero-order valence-electron chi connectivity index (χ0n) is 9.82. The second-order valence-electron chi connectivity index (χ2n) is 3.99. The second-order valence-corrected chi connectivity index (χ2v) is 4.37. The predicted molar refractivity (Wildman–Crippen MR) is 62.0 cm³/mol. The first-order valence-electron chi connectivity index (χ1n) is 5.84. The van der Waals surface area contributed by atoms with Gasteiger partial charge in [-0.2, -0.15) is 13.2 Å². The zero-order valence-corrected chi connectivity index (χ0v) is 10.6. The third kappa shape index (κ3) is 10.6. The van der Waals surface area contributed by atoms with Crippen LogP contribution in [0.25, 0.3) is 0 Å². The van der Waals surface area contributed by atoms with Crippen LogP contribution in [0.15, 0.2) is 0 Å². The molecule has 0 saturated heterocycles. The Hall–Kier alpha value is 0.0400. The van der Waals surface area contributed by atoms with Crippen LogP contribution < -0.4 is 0 Å². The first kappa shape index (κ1) is 16.0. The molecule has 0 unspecified atom stereocenters. The van der Waals surface area contributed by atoms with E-state index in [0.29, 0.717) is 13.1 Å². The van der Waals surface area contributed by atoms with Crippen molar-refractivity contribution in [2.24, 2.45) is 0 Å². The standard InChI is InChI=1S/C11H21ClF3N/c1-2-3-4-5-6-8-16(9-7-12)10-11(13,14)15/h2-10H2,1H3. The Bertz CT molecular complexity index is 162. The van der Waals surface area contributed by atoms with Gasteiger partial charge >= 0.3 is 6.18 Å². The van der Waals surface area contributed by atoms with Gasteiger partial charge in [-0.25, -0.2) is 0 Å². The predicted octanol–water partition coefficient (Wildman–Crippen LogP) is 4.06. The molecule has 5 heteroatoms. The lowest BCUT2D eigenvalue weighted by molar-refractivity contribution is -0.145. The lowest BCUT2D eigenvalue weighted by atomic mass is 10.1. The molecule has 0 rings (SSSR count). The molecule has 0 aliphatic carbocycles. The summed E-state index contributed by atoms with van der Waals surface area (Å²) in [6, 6.07) is 0. The fraction of sp³-hybridized carbons (Fsp3) is 1.00. The topological polar surface area (TPSA) is 3.24 Å². The van der Waals surface area contributed by atoms with E-state index in [0.717, 1.165) is 32.1 Å². The molecule has 0 aliphatic rings. The van der Waals surface area contributed by atoms with Crippen molar-refractivity contribution < 1.29 is 13.2 Å². The molecule has 0 aromatic rings. The molecule has 1 nitrogen and oxygen atoms in total. The lowest BCUT2D eigenvalue weighted by Crippen LogP contribution is -2.36. The van der Waals surface area contributed by atoms with E-state index in [9.17, 15) is 13.2 Å². The molecule has 0 saturated carbocycles. The van der Waals surface area contributed by atoms with E-state index < -0.39 is 12.7 Å². The molecule has 16 heavy (non-hydrogen) atoms. The number of hydrogen-bond donors (Lipinski definition) is 0. The summed E-state index contributed by atoms with van der Waals surface area (Å²) in [5.41, 5.74) is 0. The van der Waals surface area contributed by atoms with Crippen LogP contribution in [0, 0.1) is 0 Å². The summed E-state index contributed by atoms with van der Waals surface area (Å²) in [6.07, 6.45) is 1.13. The van der Waals surface area contributed by atoms with E-state index in [-0.39, 0.29) is 5.88 Å². The summed E-state index contributed by atoms with van der Waals surface area (Å²) in [7, 11) is 0. The Morgan fingerprint density at radius 1 is 1.00 bits per heavy atom. The first-order valence-corrected chi connectivity index (χ1v) is 6.38. The normalized spacial score (nSPS) is 12.4. The van der Waals surface area contributed by atoms with Gasteiger partial charge in [0.25, 0.3) is 0 Å². The van der Waals surface area contributed by atoms with Crippen LogP contribution in [-0.2, 0) is 0 Å². The first-order chi connectivity index (χ1) is 7.49. The average Bonchev–Trinajstić information content (AvgIpc) is 2.15. The molecule has 0 bridgehead atoms. The molecule has 0 aromatic carbocycles. The highest BCUT2D eigenvalue weighted by Gasteiger charge is 2.30. The summed E-state index contributed by atoms with van der Waals surface area (Å²) in [5.74, 6) is 0.255. The van der Waals surface area contributed by atoms with Crippen molar-refractivity contribution in [3.8, 4) is 0 Å². The molecule has 0 heterocycles. The summed E-state index contributed by atoms with van der Waals surface area (Å²) in [6.45, 7) is 2.09. The maximum Gasteiger partial charge on any atom is 0.401 e. The molecule has 0 radical (unpaired) electrons. The third-order valence-electron chi connectivity index (χ3n) is 2.38. The van der Waals surface area contributed by atoms with E-state index in [1.165, 1.54) is 4.90 Å². The van der Waals surface area contributed by atoms with Crippen molar-refractivity contribution in [1.29, 1.82) is 0 Å². The molecule has 0 aliphatic heterocycles. The van der Waals surface area contributed by atoms with Crippen molar-refractivity contribution in [3.63, 3.8) is 0 Å². The fourth-order valence-electron chi connectivity index (χ4n) is 1.58. The van der Waals surface area contributed by atoms with Gasteiger partial charge in [0.2, 0.25) is 0 Å². The van der Waals surface area contributed by atoms with Gasteiger partial charge in [0.05, 0.1) is 6.54 Å². The van der Waals surface area contributed by atoms with E-state index in [1.54, 1.807) is 0 Å². The van der Waals surface area contributed by atoms with E-state index in [4.69, 9.17) is 11.6 Å². The molecule has 0 spiro atoms. The van der Waals surface area contributed by atoms with E-state index in [1.807, 2.05) is 0 Å². The maximum absolute atomic E-state index is 12.2. The Morgan fingerprint density at radius 3 is 2.12 bits per heavy atom. The third-order valence-corrected chi connectivity index (χ3v) is 2.55. The van der Waals surface area contributed by atoms with Gasteiger partial charge in [0.1, 0.15) is 0 Å². The number of rotatable bonds is 9. The van der Waals surface area contributed by atoms with Crippen LogP contribution in [-0.4, -0.2) is 36.6 Å². The van der Waals surface area contributed by atoms with Crippen LogP contribution in [0.1, 0.15) is 39.0 Å². The van der Waals surface area contributed by atoms with Gasteiger partial charge in [-0.3, -0.25) is 4.90 Å². The molecular formula is C11H21ClF3N. The van der Waals surface area contributed by atoms with Gasteiger partial charge in [-0.1, -0.05) is 32.6 Å². The molecule has 0 N–H and O–H groups in total. The molecule has 0 atom stereocenters. The Morgan fingerprint density at radius 2 is 1.62 bits per heavy atom. The number of hydrogen-bond acceptors (Lipinski definition) is 1. The van der Waals surface area contributed by atoms with Crippen LogP contribution in [0.5, 0.6) is 0 Å². The van der Waals surface area contributed by atoms with Crippen LogP contribution in [0.2, 0.25) is 0 Å². The highest BCUT2D eigenvalue weighted by atomic mass is 35.5. The second kappa shape index (κ2) is 9.11. The summed E-state index contributed by atoms with van der Waals surface area (Å²) < 4.78 is 36.5. The molecule has 0 fully saturated rings. The van der Waals surface area contributed by atoms with Gasteiger partial charge in [0.15, 0.2) is 0 Å². The van der Waals surface area contributed by atoms with Crippen LogP contribution in [0.3, 0.4) is 0 Å². The summed E-state index contributed by atoms with van der Waals surface area (Å²) >= 11 is 5.48. The monoisotopic (exact) mass is 259 g/mol. The smallest absolute Gasteiger partial charge is 0.294 e. The minimum absolute atomic E-state index is 0.255. The largest absolute Gasteiger partial charge is 0.401 e. The SMILES string of the molecule is CCCCCCCN(CCCl)CC(F)(F)F. The average molecular weight is 260 g/mol. The summed E-state index contributed by atoms with van der Waals surface area (Å²) in [5, 5.41) is 0.